The van der Waals surface area contributed by atoms with Crippen LogP contribution in [0.25, 0.3) is 0 Å². The summed E-state index contributed by atoms with van der Waals surface area (Å²) in [6, 6.07) is 0. The molecule has 0 fully saturated rings. The van der Waals surface area contributed by atoms with E-state index in [2.05, 4.69) is 0 Å². The summed E-state index contributed by atoms with van der Waals surface area (Å²) in [6.07, 6.45) is 1.47. The molecule has 1 amide bonds. The average Bonchev–Trinajstić information content (AvgIpc) is 2.93. The van der Waals surface area contributed by atoms with E-state index in [1.54, 1.807) is 0 Å². The molecule has 0 unspecified atom stereocenters. The van der Waals surface area contributed by atoms with Gasteiger partial charge in [-0.3, -0.25) is 4.79 Å². The van der Waals surface area contributed by atoms with Gasteiger partial charge in [-0.1, -0.05) is 90.9 Å². The fourth-order valence-corrected chi connectivity index (χ4v) is 4.30. The highest BCUT2D eigenvalue weighted by Crippen LogP contribution is 2.62. The molecule has 0 N–H and O–H groups in total. The minimum absolute atomic E-state index is 0.0715. The van der Waals surface area contributed by atoms with Crippen LogP contribution in [-0.4, -0.2) is 71.8 Å². The van der Waals surface area contributed by atoms with Crippen LogP contribution in [0, 0.1) is 0 Å². The molecule has 0 rings (SSSR count). The third-order valence-electron chi connectivity index (χ3n) is 7.28. The van der Waals surface area contributed by atoms with Crippen molar-refractivity contribution in [2.75, 3.05) is 13.1 Å². The maximum Gasteiger partial charge on any atom is 0.392 e. The number of carbonyl (C=O) groups excluding carboxylic acids is 1. The quantitative estimate of drug-likeness (QED) is 0.0726. The topological polar surface area (TPSA) is 20.3 Å². The number of carbonyl (C=O) groups is 1. The molecule has 45 heavy (non-hydrogen) atoms. The van der Waals surface area contributed by atoms with Gasteiger partial charge in [0.1, 0.15) is 0 Å². The highest BCUT2D eigenvalue weighted by molar-refractivity contribution is 5.85. The second-order valence-corrected chi connectivity index (χ2v) is 10.9. The molecule has 0 aliphatic carbocycles. The number of alkyl halides is 16. The fraction of sp³-hybridized carbons (Fsp3) is 0.963. The molecule has 18 heteroatoms. The zero-order valence-electron chi connectivity index (χ0n) is 24.8. The predicted molar refractivity (Wildman–Crippen MR) is 133 cm³/mol. The number of amides is 1. The number of nitrogens with zero attached hydrogens (tertiary/aromatic N) is 1. The number of halogens is 16. The molecule has 0 aromatic rings. The molecule has 0 saturated heterocycles. The van der Waals surface area contributed by atoms with Gasteiger partial charge in [0.2, 0.25) is 0 Å². The third-order valence-corrected chi connectivity index (χ3v) is 7.28. The summed E-state index contributed by atoms with van der Waals surface area (Å²) in [5.74, 6) is -59.1. The number of unbranched alkanes of at least 4 members (excludes halogenated alkanes) is 12. The van der Waals surface area contributed by atoms with E-state index in [9.17, 15) is 75.0 Å². The standard InChI is InChI=1S/C27H39F16NO/c1-3-5-7-9-11-13-15-17-44(18-16-14-12-10-8-6-4-2)20(45)22(32,33)24(36,37)26(40,41)27(42,43)25(38,39)23(34,35)21(30,31)19(28)29/h19H,3-18H2,1-2H3. The van der Waals surface area contributed by atoms with Crippen molar-refractivity contribution in [1.82, 2.24) is 4.90 Å². The molecule has 0 aliphatic heterocycles. The van der Waals surface area contributed by atoms with Crippen LogP contribution < -0.4 is 0 Å². The van der Waals surface area contributed by atoms with Gasteiger partial charge in [0.15, 0.2) is 0 Å². The molecule has 0 atom stereocenters. The van der Waals surface area contributed by atoms with Gasteiger partial charge in [-0.15, -0.1) is 0 Å². The van der Waals surface area contributed by atoms with Crippen molar-refractivity contribution in [3.8, 4) is 0 Å². The van der Waals surface area contributed by atoms with E-state index in [0.29, 0.717) is 25.7 Å². The predicted octanol–water partition coefficient (Wildman–Crippen LogP) is 11.0. The first kappa shape index (κ1) is 43.4. The highest BCUT2D eigenvalue weighted by Gasteiger charge is 2.94. The van der Waals surface area contributed by atoms with Crippen molar-refractivity contribution >= 4 is 5.91 Å². The molecule has 0 spiro atoms. The van der Waals surface area contributed by atoms with E-state index in [1.807, 2.05) is 13.8 Å². The summed E-state index contributed by atoms with van der Waals surface area (Å²) < 4.78 is 220. The molecular weight excluding hydrogens is 658 g/mol. The van der Waals surface area contributed by atoms with Crippen LogP contribution >= 0.6 is 0 Å². The first-order valence-corrected chi connectivity index (χ1v) is 14.6. The Morgan fingerprint density at radius 2 is 0.756 bits per heavy atom. The lowest BCUT2D eigenvalue weighted by atomic mass is 9.89. The van der Waals surface area contributed by atoms with Crippen LogP contribution in [-0.2, 0) is 4.79 Å². The lowest BCUT2D eigenvalue weighted by molar-refractivity contribution is -0.444. The molecule has 270 valence electrons. The van der Waals surface area contributed by atoms with E-state index in [4.69, 9.17) is 0 Å². The monoisotopic (exact) mass is 697 g/mol. The molecule has 0 radical (unpaired) electrons. The Hall–Kier alpha value is -1.65. The summed E-state index contributed by atoms with van der Waals surface area (Å²) in [5.41, 5.74) is 0. The summed E-state index contributed by atoms with van der Waals surface area (Å²) in [4.78, 5) is 12.4. The molecule has 0 saturated carbocycles. The van der Waals surface area contributed by atoms with Crippen molar-refractivity contribution < 1.29 is 75.0 Å². The van der Waals surface area contributed by atoms with Crippen LogP contribution in [0.4, 0.5) is 70.2 Å². The average molecular weight is 698 g/mol. The second-order valence-electron chi connectivity index (χ2n) is 10.9. The van der Waals surface area contributed by atoms with E-state index < -0.39 is 66.9 Å². The normalized spacial score (nSPS) is 14.4. The smallest absolute Gasteiger partial charge is 0.337 e. The Morgan fingerprint density at radius 3 is 1.09 bits per heavy atom. The lowest BCUT2D eigenvalue weighted by Crippen LogP contribution is -2.74. The molecule has 0 aliphatic rings. The lowest BCUT2D eigenvalue weighted by Gasteiger charge is -2.42. The number of hydrogen-bond acceptors (Lipinski definition) is 1. The van der Waals surface area contributed by atoms with Gasteiger partial charge in [-0.2, -0.15) is 61.5 Å². The van der Waals surface area contributed by atoms with Gasteiger partial charge in [-0.25, -0.2) is 8.78 Å². The summed E-state index contributed by atoms with van der Waals surface area (Å²) in [6.45, 7) is 2.25. The number of hydrogen-bond donors (Lipinski definition) is 0. The van der Waals surface area contributed by atoms with Crippen LogP contribution in [0.15, 0.2) is 0 Å². The summed E-state index contributed by atoms with van der Waals surface area (Å²) >= 11 is 0. The van der Waals surface area contributed by atoms with Crippen LogP contribution in [0.5, 0.6) is 0 Å². The SMILES string of the molecule is CCCCCCCCCN(CCCCCCCCC)C(=O)C(F)(F)C(F)(F)C(F)(F)C(F)(F)C(F)(F)C(F)(F)C(F)(F)C(F)F. The minimum atomic E-state index is -8.52. The first-order valence-electron chi connectivity index (χ1n) is 14.6. The minimum Gasteiger partial charge on any atom is -0.337 e. The molecule has 0 aromatic carbocycles. The Kier molecular flexibility index (Phi) is 16.3. The van der Waals surface area contributed by atoms with E-state index in [-0.39, 0.29) is 30.6 Å². The Bertz CT molecular complexity index is 861. The third kappa shape index (κ3) is 9.25. The zero-order valence-corrected chi connectivity index (χ0v) is 24.8. The Morgan fingerprint density at radius 1 is 0.467 bits per heavy atom. The van der Waals surface area contributed by atoms with Crippen molar-refractivity contribution in [3.63, 3.8) is 0 Å². The molecule has 0 aromatic heterocycles. The summed E-state index contributed by atoms with van der Waals surface area (Å²) in [7, 11) is 0. The molecule has 2 nitrogen and oxygen atoms in total. The van der Waals surface area contributed by atoms with Crippen LogP contribution in [0.3, 0.4) is 0 Å². The van der Waals surface area contributed by atoms with Gasteiger partial charge in [0, 0.05) is 13.1 Å². The van der Waals surface area contributed by atoms with E-state index in [0.717, 1.165) is 38.5 Å². The maximum atomic E-state index is 14.7. The van der Waals surface area contributed by atoms with Gasteiger partial charge in [-0.05, 0) is 12.8 Å². The van der Waals surface area contributed by atoms with Gasteiger partial charge in [0.25, 0.3) is 5.91 Å². The Labute approximate surface area is 251 Å². The zero-order chi connectivity index (χ0) is 35.5. The van der Waals surface area contributed by atoms with Gasteiger partial charge < -0.3 is 4.90 Å². The van der Waals surface area contributed by atoms with Crippen LogP contribution in [0.2, 0.25) is 0 Å². The van der Waals surface area contributed by atoms with Crippen molar-refractivity contribution in [3.05, 3.63) is 0 Å². The van der Waals surface area contributed by atoms with Crippen molar-refractivity contribution in [2.45, 2.75) is 152 Å². The first-order chi connectivity index (χ1) is 20.4. The Balaban J connectivity index is 6.24. The highest BCUT2D eigenvalue weighted by atomic mass is 19.4. The van der Waals surface area contributed by atoms with Crippen molar-refractivity contribution in [2.24, 2.45) is 0 Å². The molecular formula is C27H39F16NO. The molecule has 0 heterocycles. The van der Waals surface area contributed by atoms with E-state index >= 15 is 0 Å². The largest absolute Gasteiger partial charge is 0.392 e. The fourth-order valence-electron chi connectivity index (χ4n) is 4.30. The molecule has 0 bridgehead atoms. The summed E-state index contributed by atoms with van der Waals surface area (Å²) in [5, 5.41) is 0. The second kappa shape index (κ2) is 17.0. The number of rotatable bonds is 24. The van der Waals surface area contributed by atoms with Gasteiger partial charge in [0.05, 0.1) is 0 Å². The van der Waals surface area contributed by atoms with Crippen LogP contribution in [0.1, 0.15) is 104 Å². The van der Waals surface area contributed by atoms with Gasteiger partial charge >= 0.3 is 47.9 Å². The van der Waals surface area contributed by atoms with E-state index in [1.165, 1.54) is 0 Å². The van der Waals surface area contributed by atoms with Crippen molar-refractivity contribution in [1.29, 1.82) is 0 Å². The maximum absolute atomic E-state index is 14.7.